The highest BCUT2D eigenvalue weighted by molar-refractivity contribution is 7.22. The number of H-pyrrole nitrogens is 1. The second-order valence-electron chi connectivity index (χ2n) is 10.3. The van der Waals surface area contributed by atoms with Crippen molar-refractivity contribution in [2.75, 3.05) is 43.0 Å². The molecule has 10 nitrogen and oxygen atoms in total. The summed E-state index contributed by atoms with van der Waals surface area (Å²) in [5.74, 6) is 3.29. The topological polar surface area (TPSA) is 120 Å². The van der Waals surface area contributed by atoms with E-state index in [0.29, 0.717) is 17.9 Å². The molecule has 1 atom stereocenters. The predicted octanol–water partition coefficient (Wildman–Crippen LogP) is 3.64. The minimum atomic E-state index is 0.252. The lowest BCUT2D eigenvalue weighted by Crippen LogP contribution is -2.35. The number of aromatic amines is 1. The van der Waals surface area contributed by atoms with Crippen molar-refractivity contribution in [3.05, 3.63) is 30.2 Å². The Hall–Kier alpha value is -3.02. The van der Waals surface area contributed by atoms with E-state index in [9.17, 15) is 5.11 Å². The van der Waals surface area contributed by atoms with E-state index in [4.69, 9.17) is 9.97 Å². The number of anilines is 3. The van der Waals surface area contributed by atoms with Crippen molar-refractivity contribution in [2.45, 2.75) is 44.1 Å². The molecule has 0 amide bonds. The van der Waals surface area contributed by atoms with E-state index < -0.39 is 0 Å². The monoisotopic (exact) mass is 505 g/mol. The number of fused-ring (bicyclic) bond motifs is 1. The second-order valence-corrected chi connectivity index (χ2v) is 11.3. The molecule has 2 aliphatic heterocycles. The van der Waals surface area contributed by atoms with Crippen LogP contribution >= 0.6 is 11.3 Å². The molecule has 0 radical (unpaired) electrons. The molecule has 2 saturated heterocycles. The highest BCUT2D eigenvalue weighted by Crippen LogP contribution is 2.41. The van der Waals surface area contributed by atoms with Crippen molar-refractivity contribution in [1.29, 1.82) is 0 Å². The lowest BCUT2D eigenvalue weighted by molar-refractivity contribution is 0.202. The van der Waals surface area contributed by atoms with Gasteiger partial charge in [-0.05, 0) is 50.6 Å². The fourth-order valence-corrected chi connectivity index (χ4v) is 6.27. The number of hydrogen-bond acceptors (Lipinski definition) is 9. The van der Waals surface area contributed by atoms with Crippen molar-refractivity contribution in [3.63, 3.8) is 0 Å². The van der Waals surface area contributed by atoms with Gasteiger partial charge in [-0.25, -0.2) is 4.98 Å². The number of thiophene rings is 1. The zero-order valence-electron chi connectivity index (χ0n) is 20.2. The van der Waals surface area contributed by atoms with E-state index in [1.165, 1.54) is 18.5 Å². The summed E-state index contributed by atoms with van der Waals surface area (Å²) in [5, 5.41) is 28.8. The third-order valence-electron chi connectivity index (χ3n) is 7.67. The first-order valence-electron chi connectivity index (χ1n) is 13.0. The van der Waals surface area contributed by atoms with Crippen LogP contribution in [0.5, 0.6) is 0 Å². The van der Waals surface area contributed by atoms with Crippen LogP contribution in [0.3, 0.4) is 0 Å². The van der Waals surface area contributed by atoms with E-state index in [1.807, 2.05) is 6.20 Å². The molecule has 6 heterocycles. The molecule has 4 N–H and O–H groups in total. The van der Waals surface area contributed by atoms with E-state index in [-0.39, 0.29) is 6.61 Å². The Morgan fingerprint density at radius 2 is 2.00 bits per heavy atom. The van der Waals surface area contributed by atoms with Gasteiger partial charge in [-0.3, -0.25) is 9.78 Å². The molecule has 1 unspecified atom stereocenters. The second kappa shape index (κ2) is 9.13. The molecule has 3 fully saturated rings. The maximum absolute atomic E-state index is 9.55. The predicted molar refractivity (Wildman–Crippen MR) is 141 cm³/mol. The Morgan fingerprint density at radius 1 is 1.11 bits per heavy atom. The minimum Gasteiger partial charge on any atom is -0.396 e. The average Bonchev–Trinajstić information content (AvgIpc) is 3.38. The van der Waals surface area contributed by atoms with Crippen molar-refractivity contribution < 1.29 is 5.11 Å². The highest BCUT2D eigenvalue weighted by Gasteiger charge is 2.27. The van der Waals surface area contributed by atoms with Crippen molar-refractivity contribution in [2.24, 2.45) is 5.92 Å². The molecular weight excluding hydrogens is 474 g/mol. The lowest BCUT2D eigenvalue weighted by Gasteiger charge is -2.31. The summed E-state index contributed by atoms with van der Waals surface area (Å²) in [6.45, 7) is 3.96. The molecule has 11 heteroatoms. The van der Waals surface area contributed by atoms with E-state index in [1.54, 1.807) is 11.3 Å². The number of rotatable bonds is 7. The van der Waals surface area contributed by atoms with Crippen LogP contribution in [-0.4, -0.2) is 67.8 Å². The van der Waals surface area contributed by atoms with Crippen LogP contribution in [0.4, 0.5) is 17.6 Å². The van der Waals surface area contributed by atoms with Crippen LogP contribution in [0.2, 0.25) is 0 Å². The van der Waals surface area contributed by atoms with Crippen LogP contribution in [0.25, 0.3) is 20.7 Å². The minimum absolute atomic E-state index is 0.252. The van der Waals surface area contributed by atoms with E-state index >= 15 is 0 Å². The van der Waals surface area contributed by atoms with Crippen LogP contribution in [-0.2, 0) is 0 Å². The molecule has 1 saturated carbocycles. The average molecular weight is 506 g/mol. The summed E-state index contributed by atoms with van der Waals surface area (Å²) < 4.78 is 3.11. The Balaban J connectivity index is 1.24. The molecule has 0 bridgehead atoms. The third-order valence-corrected chi connectivity index (χ3v) is 8.85. The van der Waals surface area contributed by atoms with Gasteiger partial charge < -0.3 is 20.6 Å². The number of nitrogens with zero attached hydrogens (tertiary/aromatic N) is 6. The summed E-state index contributed by atoms with van der Waals surface area (Å²) >= 11 is 1.69. The van der Waals surface area contributed by atoms with Gasteiger partial charge in [0.05, 0.1) is 22.5 Å². The molecule has 188 valence electrons. The van der Waals surface area contributed by atoms with Gasteiger partial charge in [0.1, 0.15) is 0 Å². The van der Waals surface area contributed by atoms with Gasteiger partial charge in [0, 0.05) is 60.6 Å². The zero-order valence-corrected chi connectivity index (χ0v) is 21.0. The molecule has 0 spiro atoms. The Kier molecular flexibility index (Phi) is 5.63. The van der Waals surface area contributed by atoms with Crippen molar-refractivity contribution in [1.82, 2.24) is 35.3 Å². The largest absolute Gasteiger partial charge is 0.396 e. The number of piperidine rings is 1. The molecule has 7 rings (SSSR count). The van der Waals surface area contributed by atoms with E-state index in [0.717, 1.165) is 83.7 Å². The number of aromatic nitrogens is 6. The van der Waals surface area contributed by atoms with Gasteiger partial charge in [-0.2, -0.15) is 15.2 Å². The Labute approximate surface area is 213 Å². The van der Waals surface area contributed by atoms with E-state index in [2.05, 4.69) is 53.8 Å². The number of hydrogen-bond donors (Lipinski definition) is 4. The summed E-state index contributed by atoms with van der Waals surface area (Å²) in [7, 11) is 0. The Bertz CT molecular complexity index is 1360. The third kappa shape index (κ3) is 4.25. The van der Waals surface area contributed by atoms with Crippen LogP contribution in [0, 0.1) is 5.92 Å². The molecular formula is C25H31N9OS. The smallest absolute Gasteiger partial charge is 0.227 e. The molecule has 3 aliphatic rings. The molecule has 0 aromatic carbocycles. The number of aliphatic hydroxyl groups excluding tert-OH is 1. The Morgan fingerprint density at radius 3 is 2.78 bits per heavy atom. The molecule has 4 aromatic heterocycles. The fourth-order valence-electron chi connectivity index (χ4n) is 5.26. The normalized spacial score (nSPS) is 21.0. The first-order valence-corrected chi connectivity index (χ1v) is 13.8. The standard InChI is InChI=1S/C25H31N9OS/c35-14-15-4-7-33(8-5-15)25-28-20-9-21(17-11-27-34(13-17)18-3-6-26-12-18)36-23(20)24(30-25)29-22-10-19(31-32-22)16-1-2-16/h9-11,13,15-16,18,26,35H,1-8,12,14H2,(H2,28,29,30,31,32). The van der Waals surface area contributed by atoms with Crippen molar-refractivity contribution in [3.8, 4) is 10.4 Å². The summed E-state index contributed by atoms with van der Waals surface area (Å²) in [6.07, 6.45) is 9.58. The molecule has 36 heavy (non-hydrogen) atoms. The lowest BCUT2D eigenvalue weighted by atomic mass is 9.98. The highest BCUT2D eigenvalue weighted by atomic mass is 32.1. The zero-order chi connectivity index (χ0) is 24.1. The van der Waals surface area contributed by atoms with Crippen molar-refractivity contribution >= 4 is 39.1 Å². The number of aliphatic hydroxyl groups is 1. The summed E-state index contributed by atoms with van der Waals surface area (Å²) in [5.41, 5.74) is 3.23. The van der Waals surface area contributed by atoms with Gasteiger partial charge in [-0.15, -0.1) is 11.3 Å². The first-order chi connectivity index (χ1) is 17.7. The quantitative estimate of drug-likeness (QED) is 0.301. The molecule has 1 aliphatic carbocycles. The van der Waals surface area contributed by atoms with Gasteiger partial charge in [0.2, 0.25) is 5.95 Å². The van der Waals surface area contributed by atoms with Crippen LogP contribution in [0.1, 0.15) is 49.8 Å². The fraction of sp³-hybridized carbons (Fsp3) is 0.520. The van der Waals surface area contributed by atoms with Crippen LogP contribution < -0.4 is 15.5 Å². The van der Waals surface area contributed by atoms with Gasteiger partial charge in [-0.1, -0.05) is 0 Å². The van der Waals surface area contributed by atoms with Crippen LogP contribution in [0.15, 0.2) is 24.5 Å². The van der Waals surface area contributed by atoms with Gasteiger partial charge in [0.15, 0.2) is 11.6 Å². The summed E-state index contributed by atoms with van der Waals surface area (Å²) in [6, 6.07) is 4.68. The number of nitrogens with one attached hydrogen (secondary N) is 3. The summed E-state index contributed by atoms with van der Waals surface area (Å²) in [4.78, 5) is 13.3. The SMILES string of the molecule is OCC1CCN(c2nc(Nc3cc(C4CC4)[nH]n3)c3sc(-c4cnn(C5CCNC5)c4)cc3n2)CC1. The first kappa shape index (κ1) is 22.2. The van der Waals surface area contributed by atoms with Gasteiger partial charge >= 0.3 is 0 Å². The van der Waals surface area contributed by atoms with Gasteiger partial charge in [0.25, 0.3) is 0 Å². The maximum atomic E-state index is 9.55. The molecule has 4 aromatic rings. The maximum Gasteiger partial charge on any atom is 0.227 e.